The Morgan fingerprint density at radius 1 is 1.31 bits per heavy atom. The van der Waals surface area contributed by atoms with E-state index in [2.05, 4.69) is 0 Å². The van der Waals surface area contributed by atoms with Crippen LogP contribution >= 0.6 is 0 Å². The molecule has 0 bridgehead atoms. The normalized spacial score (nSPS) is 12.4. The van der Waals surface area contributed by atoms with Crippen molar-refractivity contribution in [3.63, 3.8) is 0 Å². The number of hydrogen-bond donors (Lipinski definition) is 1. The molecule has 0 saturated carbocycles. The number of rotatable bonds is 6. The summed E-state index contributed by atoms with van der Waals surface area (Å²) in [7, 11) is 1.71. The molecule has 0 aliphatic heterocycles. The Balaban J connectivity index is 2.48. The molecule has 0 spiro atoms. The molecule has 1 unspecified atom stereocenters. The van der Waals surface area contributed by atoms with Gasteiger partial charge in [-0.25, -0.2) is 0 Å². The molecule has 0 saturated heterocycles. The lowest BCUT2D eigenvalue weighted by Crippen LogP contribution is -2.06. The topological polar surface area (TPSA) is 46.5 Å². The highest BCUT2D eigenvalue weighted by atomic mass is 16.5. The molecule has 0 heterocycles. The molecule has 1 atom stereocenters. The molecular formula is C13H18O3. The fourth-order valence-electron chi connectivity index (χ4n) is 1.49. The number of hydrogen-bond acceptors (Lipinski definition) is 2. The maximum absolute atomic E-state index is 10.5. The monoisotopic (exact) mass is 222 g/mol. The van der Waals surface area contributed by atoms with E-state index in [0.717, 1.165) is 18.4 Å². The van der Waals surface area contributed by atoms with E-state index >= 15 is 0 Å². The second kappa shape index (κ2) is 6.28. The molecule has 0 amide bonds. The molecule has 1 rings (SSSR count). The Labute approximate surface area is 96.1 Å². The smallest absolute Gasteiger partial charge is 0.307 e. The van der Waals surface area contributed by atoms with Crippen molar-refractivity contribution in [2.75, 3.05) is 7.11 Å². The Kier molecular flexibility index (Phi) is 4.99. The van der Waals surface area contributed by atoms with Gasteiger partial charge >= 0.3 is 5.97 Å². The van der Waals surface area contributed by atoms with Gasteiger partial charge in [0.2, 0.25) is 0 Å². The fourth-order valence-corrected chi connectivity index (χ4v) is 1.49. The van der Waals surface area contributed by atoms with E-state index in [-0.39, 0.29) is 12.5 Å². The number of benzene rings is 1. The van der Waals surface area contributed by atoms with Gasteiger partial charge in [-0.05, 0) is 30.9 Å². The molecule has 0 aliphatic carbocycles. The maximum atomic E-state index is 10.5. The van der Waals surface area contributed by atoms with Crippen LogP contribution in [-0.2, 0) is 22.4 Å². The van der Waals surface area contributed by atoms with Crippen LogP contribution in [0.3, 0.4) is 0 Å². The van der Waals surface area contributed by atoms with Crippen molar-refractivity contribution in [3.8, 4) is 0 Å². The summed E-state index contributed by atoms with van der Waals surface area (Å²) in [5, 5.41) is 8.63. The minimum absolute atomic E-state index is 0.0920. The predicted molar refractivity (Wildman–Crippen MR) is 62.6 cm³/mol. The zero-order valence-electron chi connectivity index (χ0n) is 9.77. The van der Waals surface area contributed by atoms with Gasteiger partial charge in [0.15, 0.2) is 0 Å². The van der Waals surface area contributed by atoms with Crippen LogP contribution in [0.5, 0.6) is 0 Å². The number of carbonyl (C=O) groups is 1. The lowest BCUT2D eigenvalue weighted by molar-refractivity contribution is -0.136. The summed E-state index contributed by atoms with van der Waals surface area (Å²) < 4.78 is 5.17. The highest BCUT2D eigenvalue weighted by molar-refractivity contribution is 5.70. The molecule has 3 heteroatoms. The van der Waals surface area contributed by atoms with E-state index in [1.54, 1.807) is 7.11 Å². The number of ether oxygens (including phenoxy) is 1. The second-order valence-electron chi connectivity index (χ2n) is 3.97. The summed E-state index contributed by atoms with van der Waals surface area (Å²) in [5.41, 5.74) is 2.06. The van der Waals surface area contributed by atoms with E-state index in [1.165, 1.54) is 5.56 Å². The molecule has 0 radical (unpaired) electrons. The first-order chi connectivity index (χ1) is 7.61. The molecule has 0 fully saturated rings. The number of methoxy groups -OCH3 is 1. The van der Waals surface area contributed by atoms with Gasteiger partial charge in [-0.2, -0.15) is 0 Å². The molecule has 0 aliphatic rings. The van der Waals surface area contributed by atoms with Gasteiger partial charge in [-0.3, -0.25) is 4.79 Å². The standard InChI is InChI=1S/C13H18O3/c1-10(16-2)3-4-11-5-7-12(8-6-11)9-13(14)15/h5-8,10H,3-4,9H2,1-2H3,(H,14,15). The zero-order valence-corrected chi connectivity index (χ0v) is 9.77. The average Bonchev–Trinajstić information content (AvgIpc) is 2.27. The molecule has 3 nitrogen and oxygen atoms in total. The van der Waals surface area contributed by atoms with Crippen LogP contribution in [-0.4, -0.2) is 24.3 Å². The lowest BCUT2D eigenvalue weighted by atomic mass is 10.0. The summed E-state index contributed by atoms with van der Waals surface area (Å²) in [4.78, 5) is 10.5. The van der Waals surface area contributed by atoms with E-state index in [9.17, 15) is 4.79 Å². The SMILES string of the molecule is COC(C)CCc1ccc(CC(=O)O)cc1. The van der Waals surface area contributed by atoms with E-state index < -0.39 is 5.97 Å². The quantitative estimate of drug-likeness (QED) is 0.803. The van der Waals surface area contributed by atoms with Crippen molar-refractivity contribution in [3.05, 3.63) is 35.4 Å². The maximum Gasteiger partial charge on any atom is 0.307 e. The Morgan fingerprint density at radius 2 is 1.88 bits per heavy atom. The van der Waals surface area contributed by atoms with Crippen molar-refractivity contribution in [1.82, 2.24) is 0 Å². The van der Waals surface area contributed by atoms with E-state index in [1.807, 2.05) is 31.2 Å². The van der Waals surface area contributed by atoms with Gasteiger partial charge in [0.1, 0.15) is 0 Å². The van der Waals surface area contributed by atoms with Crippen LogP contribution in [0.25, 0.3) is 0 Å². The molecule has 1 aromatic carbocycles. The van der Waals surface area contributed by atoms with Crippen LogP contribution < -0.4 is 0 Å². The first-order valence-corrected chi connectivity index (χ1v) is 5.44. The van der Waals surface area contributed by atoms with E-state index in [0.29, 0.717) is 0 Å². The van der Waals surface area contributed by atoms with Gasteiger partial charge in [-0.15, -0.1) is 0 Å². The highest BCUT2D eigenvalue weighted by Crippen LogP contribution is 2.09. The van der Waals surface area contributed by atoms with Crippen molar-refractivity contribution in [2.24, 2.45) is 0 Å². The summed E-state index contributed by atoms with van der Waals surface area (Å²) in [5.74, 6) is -0.791. The van der Waals surface area contributed by atoms with Gasteiger partial charge < -0.3 is 9.84 Å². The van der Waals surface area contributed by atoms with Gasteiger partial charge in [0.05, 0.1) is 12.5 Å². The third kappa shape index (κ3) is 4.45. The summed E-state index contributed by atoms with van der Waals surface area (Å²) >= 11 is 0. The zero-order chi connectivity index (χ0) is 12.0. The third-order valence-corrected chi connectivity index (χ3v) is 2.62. The molecule has 1 aromatic rings. The number of carboxylic acid groups (broad SMARTS) is 1. The van der Waals surface area contributed by atoms with Crippen molar-refractivity contribution in [1.29, 1.82) is 0 Å². The number of aliphatic carboxylic acids is 1. The van der Waals surface area contributed by atoms with Gasteiger partial charge in [0, 0.05) is 7.11 Å². The van der Waals surface area contributed by atoms with Crippen LogP contribution in [0.2, 0.25) is 0 Å². The Hall–Kier alpha value is -1.35. The van der Waals surface area contributed by atoms with Gasteiger partial charge in [-0.1, -0.05) is 24.3 Å². The molecule has 88 valence electrons. The van der Waals surface area contributed by atoms with E-state index in [4.69, 9.17) is 9.84 Å². The molecule has 0 aromatic heterocycles. The van der Waals surface area contributed by atoms with Crippen molar-refractivity contribution < 1.29 is 14.6 Å². The first-order valence-electron chi connectivity index (χ1n) is 5.44. The summed E-state index contributed by atoms with van der Waals surface area (Å²) in [6.07, 6.45) is 2.30. The average molecular weight is 222 g/mol. The number of aryl methyl sites for hydroxylation is 1. The minimum Gasteiger partial charge on any atom is -0.481 e. The first kappa shape index (κ1) is 12.7. The highest BCUT2D eigenvalue weighted by Gasteiger charge is 2.02. The minimum atomic E-state index is -0.791. The number of carboxylic acids is 1. The molecule has 16 heavy (non-hydrogen) atoms. The molecule has 1 N–H and O–H groups in total. The van der Waals surface area contributed by atoms with Crippen molar-refractivity contribution in [2.45, 2.75) is 32.3 Å². The second-order valence-corrected chi connectivity index (χ2v) is 3.97. The summed E-state index contributed by atoms with van der Waals surface area (Å²) in [6.45, 7) is 2.04. The largest absolute Gasteiger partial charge is 0.481 e. The van der Waals surface area contributed by atoms with Crippen LogP contribution in [0.1, 0.15) is 24.5 Å². The Bertz CT molecular complexity index is 330. The van der Waals surface area contributed by atoms with Gasteiger partial charge in [0.25, 0.3) is 0 Å². The predicted octanol–water partition coefficient (Wildman–Crippen LogP) is 2.28. The van der Waals surface area contributed by atoms with Crippen LogP contribution in [0.15, 0.2) is 24.3 Å². The lowest BCUT2D eigenvalue weighted by Gasteiger charge is -2.09. The van der Waals surface area contributed by atoms with Crippen LogP contribution in [0.4, 0.5) is 0 Å². The summed E-state index contributed by atoms with van der Waals surface area (Å²) in [6, 6.07) is 7.73. The van der Waals surface area contributed by atoms with Crippen molar-refractivity contribution >= 4 is 5.97 Å². The van der Waals surface area contributed by atoms with Crippen LogP contribution in [0, 0.1) is 0 Å². The Morgan fingerprint density at radius 3 is 2.38 bits per heavy atom. The third-order valence-electron chi connectivity index (χ3n) is 2.62. The molecular weight excluding hydrogens is 204 g/mol. The fraction of sp³-hybridized carbons (Fsp3) is 0.462.